The lowest BCUT2D eigenvalue weighted by atomic mass is 10.1. The van der Waals surface area contributed by atoms with E-state index >= 15 is 0 Å². The van der Waals surface area contributed by atoms with Crippen LogP contribution in [0.25, 0.3) is 0 Å². The zero-order valence-corrected chi connectivity index (χ0v) is 14.9. The maximum Gasteiger partial charge on any atom is 0.228 e. The van der Waals surface area contributed by atoms with Crippen molar-refractivity contribution in [1.82, 2.24) is 4.98 Å². The number of nitrogens with zero attached hydrogens (tertiary/aromatic N) is 1. The molecule has 2 aromatic carbocycles. The van der Waals surface area contributed by atoms with E-state index in [1.165, 1.54) is 6.07 Å². The summed E-state index contributed by atoms with van der Waals surface area (Å²) in [5, 5.41) is 5.87. The topological polar surface area (TPSA) is 63.2 Å². The summed E-state index contributed by atoms with van der Waals surface area (Å²) in [6, 6.07) is 17.4. The molecule has 0 bridgehead atoms. The van der Waals surface area contributed by atoms with Crippen molar-refractivity contribution in [2.75, 3.05) is 17.7 Å². The van der Waals surface area contributed by atoms with E-state index in [1.807, 2.05) is 24.3 Å². The molecule has 0 fully saturated rings. The van der Waals surface area contributed by atoms with E-state index in [0.29, 0.717) is 23.6 Å². The zero-order valence-electron chi connectivity index (χ0n) is 14.9. The van der Waals surface area contributed by atoms with E-state index in [0.717, 1.165) is 11.3 Å². The Hall–Kier alpha value is -3.41. The number of methoxy groups -OCH3 is 1. The van der Waals surface area contributed by atoms with Gasteiger partial charge >= 0.3 is 0 Å². The van der Waals surface area contributed by atoms with Gasteiger partial charge in [0.1, 0.15) is 17.4 Å². The monoisotopic (exact) mass is 365 g/mol. The van der Waals surface area contributed by atoms with E-state index in [-0.39, 0.29) is 18.1 Å². The first-order valence-electron chi connectivity index (χ1n) is 8.50. The van der Waals surface area contributed by atoms with Gasteiger partial charge in [-0.1, -0.05) is 30.3 Å². The van der Waals surface area contributed by atoms with Crippen molar-refractivity contribution >= 4 is 17.4 Å². The van der Waals surface area contributed by atoms with E-state index < -0.39 is 0 Å². The first kappa shape index (κ1) is 18.4. The quantitative estimate of drug-likeness (QED) is 0.664. The minimum Gasteiger partial charge on any atom is -0.497 e. The number of hydrogen-bond donors (Lipinski definition) is 2. The lowest BCUT2D eigenvalue weighted by Crippen LogP contribution is -2.14. The molecular weight excluding hydrogens is 345 g/mol. The molecule has 3 aromatic rings. The zero-order chi connectivity index (χ0) is 19.1. The number of ether oxygens (including phenoxy) is 1. The molecule has 0 unspecified atom stereocenters. The molecule has 1 heterocycles. The minimum absolute atomic E-state index is 0.131. The number of rotatable bonds is 7. The number of hydrogen-bond acceptors (Lipinski definition) is 4. The molecule has 0 aliphatic heterocycles. The Kier molecular flexibility index (Phi) is 5.99. The van der Waals surface area contributed by atoms with Gasteiger partial charge in [-0.3, -0.25) is 4.79 Å². The lowest BCUT2D eigenvalue weighted by molar-refractivity contribution is -0.115. The molecule has 0 saturated heterocycles. The van der Waals surface area contributed by atoms with Gasteiger partial charge in [0, 0.05) is 12.1 Å². The summed E-state index contributed by atoms with van der Waals surface area (Å²) < 4.78 is 18.7. The second-order valence-electron chi connectivity index (χ2n) is 5.95. The highest BCUT2D eigenvalue weighted by atomic mass is 19.1. The third-order valence-corrected chi connectivity index (χ3v) is 3.99. The Bertz CT molecular complexity index is 896. The van der Waals surface area contributed by atoms with Crippen LogP contribution in [0.3, 0.4) is 0 Å². The Morgan fingerprint density at radius 1 is 1.07 bits per heavy atom. The van der Waals surface area contributed by atoms with Crippen molar-refractivity contribution in [3.63, 3.8) is 0 Å². The summed E-state index contributed by atoms with van der Waals surface area (Å²) in [7, 11) is 1.60. The number of nitrogens with one attached hydrogen (secondary N) is 2. The van der Waals surface area contributed by atoms with Crippen molar-refractivity contribution in [1.29, 1.82) is 0 Å². The standard InChI is InChI=1S/C21H20FN3O2/c1-27-18-9-6-15(7-10-18)12-21(26)25-17-8-11-20(24-14-17)23-13-16-4-2-3-5-19(16)22/h2-11,14H,12-13H2,1H3,(H,23,24)(H,25,26). The number of aromatic nitrogens is 1. The average molecular weight is 365 g/mol. The fourth-order valence-electron chi connectivity index (χ4n) is 2.53. The first-order chi connectivity index (χ1) is 13.1. The highest BCUT2D eigenvalue weighted by Gasteiger charge is 2.06. The summed E-state index contributed by atoms with van der Waals surface area (Å²) in [4.78, 5) is 16.4. The normalized spacial score (nSPS) is 10.3. The predicted molar refractivity (Wildman–Crippen MR) is 103 cm³/mol. The highest BCUT2D eigenvalue weighted by Crippen LogP contribution is 2.14. The van der Waals surface area contributed by atoms with Gasteiger partial charge in [0.05, 0.1) is 25.4 Å². The summed E-state index contributed by atoms with van der Waals surface area (Å²) in [5.41, 5.74) is 2.06. The number of pyridine rings is 1. The number of anilines is 2. The smallest absolute Gasteiger partial charge is 0.228 e. The van der Waals surface area contributed by atoms with E-state index in [4.69, 9.17) is 4.74 Å². The van der Waals surface area contributed by atoms with E-state index in [2.05, 4.69) is 15.6 Å². The van der Waals surface area contributed by atoms with Gasteiger partial charge in [-0.25, -0.2) is 9.37 Å². The SMILES string of the molecule is COc1ccc(CC(=O)Nc2ccc(NCc3ccccc3F)nc2)cc1. The van der Waals surface area contributed by atoms with Gasteiger partial charge < -0.3 is 15.4 Å². The molecule has 0 saturated carbocycles. The van der Waals surface area contributed by atoms with Crippen LogP contribution < -0.4 is 15.4 Å². The van der Waals surface area contributed by atoms with Gasteiger partial charge in [-0.2, -0.15) is 0 Å². The fraction of sp³-hybridized carbons (Fsp3) is 0.143. The molecule has 0 aliphatic rings. The summed E-state index contributed by atoms with van der Waals surface area (Å²) >= 11 is 0. The van der Waals surface area contributed by atoms with Crippen LogP contribution in [0.2, 0.25) is 0 Å². The average Bonchev–Trinajstić information content (AvgIpc) is 2.69. The van der Waals surface area contributed by atoms with E-state index in [1.54, 1.807) is 43.6 Å². The molecule has 1 amide bonds. The maximum atomic E-state index is 13.6. The van der Waals surface area contributed by atoms with Gasteiger partial charge in [0.15, 0.2) is 0 Å². The molecule has 0 radical (unpaired) electrons. The highest BCUT2D eigenvalue weighted by molar-refractivity contribution is 5.92. The summed E-state index contributed by atoms with van der Waals surface area (Å²) in [5.74, 6) is 0.967. The second kappa shape index (κ2) is 8.80. The van der Waals surface area contributed by atoms with Crippen LogP contribution >= 0.6 is 0 Å². The van der Waals surface area contributed by atoms with Gasteiger partial charge in [-0.05, 0) is 35.9 Å². The third-order valence-electron chi connectivity index (χ3n) is 3.99. The minimum atomic E-state index is -0.257. The van der Waals surface area contributed by atoms with Crippen molar-refractivity contribution < 1.29 is 13.9 Å². The molecule has 138 valence electrons. The number of amides is 1. The maximum absolute atomic E-state index is 13.6. The fourth-order valence-corrected chi connectivity index (χ4v) is 2.53. The summed E-state index contributed by atoms with van der Waals surface area (Å²) in [6.45, 7) is 0.336. The molecule has 27 heavy (non-hydrogen) atoms. The molecular formula is C21H20FN3O2. The molecule has 0 aliphatic carbocycles. The van der Waals surface area contributed by atoms with Crippen LogP contribution in [-0.2, 0) is 17.8 Å². The summed E-state index contributed by atoms with van der Waals surface area (Å²) in [6.07, 6.45) is 1.83. The van der Waals surface area contributed by atoms with Crippen LogP contribution in [-0.4, -0.2) is 18.0 Å². The molecule has 6 heteroatoms. The van der Waals surface area contributed by atoms with Crippen molar-refractivity contribution in [2.24, 2.45) is 0 Å². The van der Waals surface area contributed by atoms with Crippen LogP contribution in [0.15, 0.2) is 66.9 Å². The molecule has 0 spiro atoms. The van der Waals surface area contributed by atoms with Crippen LogP contribution in [0.5, 0.6) is 5.75 Å². The van der Waals surface area contributed by atoms with Crippen LogP contribution in [0.4, 0.5) is 15.9 Å². The van der Waals surface area contributed by atoms with Crippen LogP contribution in [0, 0.1) is 5.82 Å². The Morgan fingerprint density at radius 3 is 2.52 bits per heavy atom. The van der Waals surface area contributed by atoms with Crippen molar-refractivity contribution in [3.05, 3.63) is 83.8 Å². The third kappa shape index (κ3) is 5.28. The Balaban J connectivity index is 1.52. The van der Waals surface area contributed by atoms with Gasteiger partial charge in [-0.15, -0.1) is 0 Å². The van der Waals surface area contributed by atoms with Crippen molar-refractivity contribution in [3.8, 4) is 5.75 Å². The van der Waals surface area contributed by atoms with E-state index in [9.17, 15) is 9.18 Å². The Labute approximate surface area is 157 Å². The predicted octanol–water partition coefficient (Wildman–Crippen LogP) is 4.02. The number of carbonyl (C=O) groups excluding carboxylic acids is 1. The van der Waals surface area contributed by atoms with Gasteiger partial charge in [0.2, 0.25) is 5.91 Å². The van der Waals surface area contributed by atoms with Gasteiger partial charge in [0.25, 0.3) is 0 Å². The Morgan fingerprint density at radius 2 is 1.85 bits per heavy atom. The number of benzene rings is 2. The largest absolute Gasteiger partial charge is 0.497 e. The molecule has 0 atom stereocenters. The first-order valence-corrected chi connectivity index (χ1v) is 8.50. The van der Waals surface area contributed by atoms with Crippen molar-refractivity contribution in [2.45, 2.75) is 13.0 Å². The number of carbonyl (C=O) groups is 1. The molecule has 1 aromatic heterocycles. The second-order valence-corrected chi connectivity index (χ2v) is 5.95. The molecule has 3 rings (SSSR count). The van der Waals surface area contributed by atoms with Crippen LogP contribution in [0.1, 0.15) is 11.1 Å². The molecule has 2 N–H and O–H groups in total. The number of halogens is 1. The lowest BCUT2D eigenvalue weighted by Gasteiger charge is -2.09. The molecule has 5 nitrogen and oxygen atoms in total.